The molecule has 39 heavy (non-hydrogen) atoms. The van der Waals surface area contributed by atoms with Crippen molar-refractivity contribution in [1.29, 1.82) is 0 Å². The molecule has 0 spiro atoms. The van der Waals surface area contributed by atoms with Crippen LogP contribution in [0.2, 0.25) is 0 Å². The second-order valence-corrected chi connectivity index (χ2v) is 8.95. The van der Waals surface area contributed by atoms with Crippen LogP contribution in [0.15, 0.2) is 83.7 Å². The van der Waals surface area contributed by atoms with Crippen LogP contribution in [0.1, 0.15) is 59.0 Å². The van der Waals surface area contributed by atoms with Gasteiger partial charge in [0.1, 0.15) is 11.6 Å². The smallest absolute Gasteiger partial charge is 0.351 e. The van der Waals surface area contributed by atoms with E-state index in [4.69, 9.17) is 4.74 Å². The summed E-state index contributed by atoms with van der Waals surface area (Å²) in [6, 6.07) is 23.4. The van der Waals surface area contributed by atoms with Gasteiger partial charge in [-0.15, -0.1) is 15.3 Å². The molecule has 2 aromatic heterocycles. The molecule has 0 aliphatic heterocycles. The molecule has 3 aromatic carbocycles. The van der Waals surface area contributed by atoms with Crippen molar-refractivity contribution in [2.24, 2.45) is 0 Å². The number of carboxylic acid groups (broad SMARTS) is 1. The summed E-state index contributed by atoms with van der Waals surface area (Å²) in [7, 11) is 0. The molecule has 0 fully saturated rings. The molecule has 2 N–H and O–H groups in total. The quantitative estimate of drug-likeness (QED) is 0.265. The number of carbonyl (C=O) groups is 1. The van der Waals surface area contributed by atoms with Crippen LogP contribution in [0, 0.1) is 0 Å². The number of ether oxygens (including phenoxy) is 1. The Labute approximate surface area is 223 Å². The van der Waals surface area contributed by atoms with E-state index in [0.29, 0.717) is 23.8 Å². The van der Waals surface area contributed by atoms with Crippen LogP contribution in [0.5, 0.6) is 5.75 Å². The Morgan fingerprint density at radius 3 is 2.46 bits per heavy atom. The average Bonchev–Trinajstić information content (AvgIpc) is 3.60. The van der Waals surface area contributed by atoms with E-state index < -0.39 is 17.8 Å². The molecule has 0 bridgehead atoms. The standard InChI is InChI=1S/C28H27N7O4/c1-2-3-13-24-31-35(23-12-8-7-11-22(23)27(36)37)28(38)34(24)18-19-14-16-21(17-15-19)39-25(26-29-32-33-30-26)20-9-5-4-6-10-20/h4-12,14-17,25H,2-3,13,18H2,1H3,(H,36,37)(H,29,30,32,33). The van der Waals surface area contributed by atoms with Crippen molar-refractivity contribution in [2.45, 2.75) is 38.8 Å². The highest BCUT2D eigenvalue weighted by atomic mass is 16.5. The van der Waals surface area contributed by atoms with Crippen molar-refractivity contribution in [3.05, 3.63) is 118 Å². The summed E-state index contributed by atoms with van der Waals surface area (Å²) >= 11 is 0. The maximum absolute atomic E-state index is 13.5. The summed E-state index contributed by atoms with van der Waals surface area (Å²) in [6.07, 6.45) is 1.83. The Hall–Kier alpha value is -5.06. The fraction of sp³-hybridized carbons (Fsp3) is 0.214. The van der Waals surface area contributed by atoms with Crippen molar-refractivity contribution in [2.75, 3.05) is 0 Å². The van der Waals surface area contributed by atoms with Crippen LogP contribution in [0.25, 0.3) is 5.69 Å². The molecule has 0 aliphatic rings. The zero-order valence-electron chi connectivity index (χ0n) is 21.3. The summed E-state index contributed by atoms with van der Waals surface area (Å²) in [5.74, 6) is 0.490. The van der Waals surface area contributed by atoms with Crippen LogP contribution in [0.4, 0.5) is 0 Å². The molecule has 1 atom stereocenters. The predicted octanol–water partition coefficient (Wildman–Crippen LogP) is 3.80. The van der Waals surface area contributed by atoms with Gasteiger partial charge in [-0.25, -0.2) is 9.59 Å². The second-order valence-electron chi connectivity index (χ2n) is 8.95. The average molecular weight is 526 g/mol. The molecule has 5 aromatic rings. The summed E-state index contributed by atoms with van der Waals surface area (Å²) in [5, 5.41) is 28.5. The lowest BCUT2D eigenvalue weighted by Gasteiger charge is -2.16. The van der Waals surface area contributed by atoms with Gasteiger partial charge in [0.05, 0.1) is 17.8 Å². The lowest BCUT2D eigenvalue weighted by molar-refractivity contribution is 0.0696. The maximum atomic E-state index is 13.5. The fourth-order valence-electron chi connectivity index (χ4n) is 4.28. The zero-order chi connectivity index (χ0) is 27.2. The highest BCUT2D eigenvalue weighted by molar-refractivity contribution is 5.91. The van der Waals surface area contributed by atoms with E-state index in [1.807, 2.05) is 54.6 Å². The first kappa shape index (κ1) is 25.6. The molecule has 0 saturated heterocycles. The number of aromatic nitrogens is 7. The van der Waals surface area contributed by atoms with Crippen LogP contribution < -0.4 is 10.4 Å². The van der Waals surface area contributed by atoms with Gasteiger partial charge < -0.3 is 9.84 Å². The summed E-state index contributed by atoms with van der Waals surface area (Å²) < 4.78 is 9.00. The van der Waals surface area contributed by atoms with Gasteiger partial charge in [-0.05, 0) is 36.2 Å². The summed E-state index contributed by atoms with van der Waals surface area (Å²) in [4.78, 5) is 25.2. The zero-order valence-corrected chi connectivity index (χ0v) is 21.3. The van der Waals surface area contributed by atoms with Crippen molar-refractivity contribution in [3.63, 3.8) is 0 Å². The molecular formula is C28H27N7O4. The van der Waals surface area contributed by atoms with Crippen LogP contribution in [-0.2, 0) is 13.0 Å². The number of benzene rings is 3. The van der Waals surface area contributed by atoms with Crippen molar-refractivity contribution < 1.29 is 14.6 Å². The number of aromatic amines is 1. The number of aromatic carboxylic acids is 1. The number of rotatable bonds is 11. The van der Waals surface area contributed by atoms with E-state index in [1.54, 1.807) is 22.8 Å². The lowest BCUT2D eigenvalue weighted by Crippen LogP contribution is -2.26. The minimum atomic E-state index is -1.12. The predicted molar refractivity (Wildman–Crippen MR) is 142 cm³/mol. The second kappa shape index (κ2) is 11.5. The molecule has 5 rings (SSSR count). The van der Waals surface area contributed by atoms with Crippen LogP contribution in [-0.4, -0.2) is 46.0 Å². The Morgan fingerprint density at radius 1 is 1.03 bits per heavy atom. The van der Waals surface area contributed by atoms with Crippen molar-refractivity contribution >= 4 is 5.97 Å². The topological polar surface area (TPSA) is 141 Å². The first-order valence-corrected chi connectivity index (χ1v) is 12.6. The van der Waals surface area contributed by atoms with Crippen molar-refractivity contribution in [3.8, 4) is 11.4 Å². The van der Waals surface area contributed by atoms with Gasteiger partial charge in [0.2, 0.25) is 5.82 Å². The third kappa shape index (κ3) is 5.61. The third-order valence-corrected chi connectivity index (χ3v) is 6.27. The number of nitrogens with zero attached hydrogens (tertiary/aromatic N) is 6. The molecule has 1 unspecified atom stereocenters. The molecule has 2 heterocycles. The van der Waals surface area contributed by atoms with Gasteiger partial charge in [-0.2, -0.15) is 9.90 Å². The normalized spacial score (nSPS) is 11.8. The van der Waals surface area contributed by atoms with E-state index in [2.05, 4.69) is 32.6 Å². The number of aryl methyl sites for hydroxylation is 1. The minimum absolute atomic E-state index is 0.0161. The third-order valence-electron chi connectivity index (χ3n) is 6.27. The maximum Gasteiger partial charge on any atom is 0.351 e. The molecule has 11 nitrogen and oxygen atoms in total. The number of nitrogens with one attached hydrogen (secondary N) is 1. The number of unbranched alkanes of at least 4 members (excludes halogenated alkanes) is 1. The molecule has 0 radical (unpaired) electrons. The van der Waals surface area contributed by atoms with Gasteiger partial charge in [-0.1, -0.05) is 73.2 Å². The van der Waals surface area contributed by atoms with Gasteiger partial charge in [-0.3, -0.25) is 4.57 Å². The SMILES string of the molecule is CCCCc1nn(-c2ccccc2C(=O)O)c(=O)n1Cc1ccc(OC(c2ccccc2)c2nn[nH]n2)cc1. The Kier molecular flexibility index (Phi) is 7.58. The number of hydrogen-bond donors (Lipinski definition) is 2. The van der Waals surface area contributed by atoms with Gasteiger partial charge in [0.15, 0.2) is 6.10 Å². The number of H-pyrrole nitrogens is 1. The highest BCUT2D eigenvalue weighted by Crippen LogP contribution is 2.26. The Bertz CT molecular complexity index is 1590. The number of hydrogen-bond acceptors (Lipinski definition) is 7. The van der Waals surface area contributed by atoms with E-state index in [9.17, 15) is 14.7 Å². The fourth-order valence-corrected chi connectivity index (χ4v) is 4.28. The molecule has 11 heteroatoms. The number of para-hydroxylation sites is 1. The Morgan fingerprint density at radius 2 is 1.77 bits per heavy atom. The van der Waals surface area contributed by atoms with Gasteiger partial charge >= 0.3 is 11.7 Å². The summed E-state index contributed by atoms with van der Waals surface area (Å²) in [6.45, 7) is 2.34. The largest absolute Gasteiger partial charge is 0.478 e. The molecule has 0 saturated carbocycles. The molecule has 0 aliphatic carbocycles. The molecular weight excluding hydrogens is 498 g/mol. The van der Waals surface area contributed by atoms with E-state index >= 15 is 0 Å². The molecule has 198 valence electrons. The first-order chi connectivity index (χ1) is 19.0. The monoisotopic (exact) mass is 525 g/mol. The van der Waals surface area contributed by atoms with Gasteiger partial charge in [0, 0.05) is 12.0 Å². The van der Waals surface area contributed by atoms with E-state index in [-0.39, 0.29) is 17.8 Å². The first-order valence-electron chi connectivity index (χ1n) is 12.6. The molecule has 0 amide bonds. The van der Waals surface area contributed by atoms with Crippen molar-refractivity contribution in [1.82, 2.24) is 35.0 Å². The minimum Gasteiger partial charge on any atom is -0.478 e. The highest BCUT2D eigenvalue weighted by Gasteiger charge is 2.21. The lowest BCUT2D eigenvalue weighted by atomic mass is 10.1. The van der Waals surface area contributed by atoms with E-state index in [1.165, 1.54) is 10.7 Å². The Balaban J connectivity index is 1.42. The van der Waals surface area contributed by atoms with Gasteiger partial charge in [0.25, 0.3) is 0 Å². The van der Waals surface area contributed by atoms with E-state index in [0.717, 1.165) is 24.0 Å². The summed E-state index contributed by atoms with van der Waals surface area (Å²) in [5.41, 5.74) is 1.61. The van der Waals surface area contributed by atoms with Crippen LogP contribution in [0.3, 0.4) is 0 Å². The number of carboxylic acids is 1. The number of tetrazole rings is 1. The van der Waals surface area contributed by atoms with Crippen LogP contribution >= 0.6 is 0 Å².